The standard InChI is InChI=1S/C21H18ClNO5/c22-14-3-7-17(8-4-14)28-16-5-1-13(2-6-16)9-10-23-21(27)20-18(25)11-15(24)12-19(20)26/h1-8,11-12,24-26H,9-10H2,(H,23,27). The number of halogens is 1. The van der Waals surface area contributed by atoms with Crippen LogP contribution in [0.5, 0.6) is 28.7 Å². The van der Waals surface area contributed by atoms with Crippen molar-refractivity contribution in [3.63, 3.8) is 0 Å². The Morgan fingerprint density at radius 3 is 2.00 bits per heavy atom. The van der Waals surface area contributed by atoms with E-state index in [0.717, 1.165) is 17.7 Å². The lowest BCUT2D eigenvalue weighted by Crippen LogP contribution is -2.25. The van der Waals surface area contributed by atoms with E-state index in [2.05, 4.69) is 5.32 Å². The molecule has 0 aliphatic rings. The van der Waals surface area contributed by atoms with Gasteiger partial charge in [0.25, 0.3) is 5.91 Å². The van der Waals surface area contributed by atoms with Gasteiger partial charge in [-0.05, 0) is 48.4 Å². The Bertz CT molecular complexity index is 948. The van der Waals surface area contributed by atoms with Crippen molar-refractivity contribution in [2.75, 3.05) is 6.54 Å². The number of aromatic hydroxyl groups is 3. The molecule has 0 saturated carbocycles. The molecule has 0 aliphatic carbocycles. The van der Waals surface area contributed by atoms with E-state index in [1.165, 1.54) is 0 Å². The van der Waals surface area contributed by atoms with Gasteiger partial charge >= 0.3 is 0 Å². The molecule has 0 fully saturated rings. The van der Waals surface area contributed by atoms with Gasteiger partial charge < -0.3 is 25.4 Å². The van der Waals surface area contributed by atoms with E-state index >= 15 is 0 Å². The third-order valence-electron chi connectivity index (χ3n) is 3.98. The van der Waals surface area contributed by atoms with Crippen LogP contribution in [0.15, 0.2) is 60.7 Å². The molecule has 0 radical (unpaired) electrons. The average Bonchev–Trinajstić information content (AvgIpc) is 2.64. The molecular weight excluding hydrogens is 382 g/mol. The van der Waals surface area contributed by atoms with Gasteiger partial charge in [-0.15, -0.1) is 0 Å². The van der Waals surface area contributed by atoms with Crippen LogP contribution in [0.25, 0.3) is 0 Å². The van der Waals surface area contributed by atoms with Gasteiger partial charge in [0.2, 0.25) is 0 Å². The molecule has 0 saturated heterocycles. The largest absolute Gasteiger partial charge is 0.508 e. The Morgan fingerprint density at radius 1 is 0.893 bits per heavy atom. The van der Waals surface area contributed by atoms with Crippen molar-refractivity contribution >= 4 is 17.5 Å². The summed E-state index contributed by atoms with van der Waals surface area (Å²) in [4.78, 5) is 12.1. The van der Waals surface area contributed by atoms with Gasteiger partial charge in [-0.25, -0.2) is 0 Å². The quantitative estimate of drug-likeness (QED) is 0.497. The lowest BCUT2D eigenvalue weighted by atomic mass is 10.1. The number of phenols is 3. The molecule has 0 unspecified atom stereocenters. The molecule has 0 bridgehead atoms. The van der Waals surface area contributed by atoms with Gasteiger partial charge in [-0.3, -0.25) is 4.79 Å². The fraction of sp³-hybridized carbons (Fsp3) is 0.0952. The van der Waals surface area contributed by atoms with Crippen LogP contribution in [0.4, 0.5) is 0 Å². The Kier molecular flexibility index (Phi) is 5.91. The van der Waals surface area contributed by atoms with Crippen LogP contribution in [0.3, 0.4) is 0 Å². The number of hydrogen-bond acceptors (Lipinski definition) is 5. The van der Waals surface area contributed by atoms with Crippen molar-refractivity contribution < 1.29 is 24.9 Å². The highest BCUT2D eigenvalue weighted by molar-refractivity contribution is 6.30. The van der Waals surface area contributed by atoms with Gasteiger partial charge in [-0.1, -0.05) is 23.7 Å². The second-order valence-corrected chi connectivity index (χ2v) is 6.50. The van der Waals surface area contributed by atoms with E-state index in [4.69, 9.17) is 16.3 Å². The van der Waals surface area contributed by atoms with Crippen LogP contribution < -0.4 is 10.1 Å². The van der Waals surface area contributed by atoms with Gasteiger partial charge in [0.05, 0.1) is 0 Å². The molecule has 0 heterocycles. The van der Waals surface area contributed by atoms with Crippen LogP contribution in [0.2, 0.25) is 5.02 Å². The van der Waals surface area contributed by atoms with Crippen molar-refractivity contribution in [3.05, 3.63) is 76.8 Å². The van der Waals surface area contributed by atoms with Gasteiger partial charge in [0.15, 0.2) is 0 Å². The summed E-state index contributed by atoms with van der Waals surface area (Å²) in [5.41, 5.74) is 0.701. The van der Waals surface area contributed by atoms with Crippen LogP contribution in [0, 0.1) is 0 Å². The number of hydrogen-bond donors (Lipinski definition) is 4. The fourth-order valence-corrected chi connectivity index (χ4v) is 2.73. The zero-order valence-corrected chi connectivity index (χ0v) is 15.5. The van der Waals surface area contributed by atoms with Crippen LogP contribution in [0.1, 0.15) is 15.9 Å². The van der Waals surface area contributed by atoms with E-state index in [1.807, 2.05) is 24.3 Å². The van der Waals surface area contributed by atoms with Crippen molar-refractivity contribution in [2.45, 2.75) is 6.42 Å². The summed E-state index contributed by atoms with van der Waals surface area (Å²) in [5.74, 6) is -0.575. The van der Waals surface area contributed by atoms with Gasteiger partial charge in [0, 0.05) is 23.7 Å². The minimum absolute atomic E-state index is 0.274. The third-order valence-corrected chi connectivity index (χ3v) is 4.23. The molecule has 3 aromatic carbocycles. The Hall–Kier alpha value is -3.38. The summed E-state index contributed by atoms with van der Waals surface area (Å²) >= 11 is 5.85. The molecule has 0 spiro atoms. The Labute approximate surface area is 166 Å². The summed E-state index contributed by atoms with van der Waals surface area (Å²) in [6, 6.07) is 16.4. The van der Waals surface area contributed by atoms with Gasteiger partial charge in [-0.2, -0.15) is 0 Å². The van der Waals surface area contributed by atoms with E-state index < -0.39 is 17.4 Å². The zero-order valence-electron chi connectivity index (χ0n) is 14.7. The maximum absolute atomic E-state index is 12.1. The van der Waals surface area contributed by atoms with Crippen LogP contribution in [-0.2, 0) is 6.42 Å². The fourth-order valence-electron chi connectivity index (χ4n) is 2.60. The summed E-state index contributed by atoms with van der Waals surface area (Å²) < 4.78 is 5.72. The number of carbonyl (C=O) groups is 1. The summed E-state index contributed by atoms with van der Waals surface area (Å²) in [5, 5.41) is 32.0. The Balaban J connectivity index is 1.54. The minimum Gasteiger partial charge on any atom is -0.508 e. The molecule has 144 valence electrons. The molecule has 3 aromatic rings. The molecule has 28 heavy (non-hydrogen) atoms. The molecule has 7 heteroatoms. The summed E-state index contributed by atoms with van der Waals surface area (Å²) in [6.07, 6.45) is 0.548. The first kappa shape index (κ1) is 19.4. The van der Waals surface area contributed by atoms with Crippen molar-refractivity contribution in [1.82, 2.24) is 5.32 Å². The van der Waals surface area contributed by atoms with E-state index in [0.29, 0.717) is 29.5 Å². The van der Waals surface area contributed by atoms with E-state index in [9.17, 15) is 20.1 Å². The monoisotopic (exact) mass is 399 g/mol. The lowest BCUT2D eigenvalue weighted by Gasteiger charge is -2.10. The highest BCUT2D eigenvalue weighted by Gasteiger charge is 2.17. The molecule has 4 N–H and O–H groups in total. The predicted molar refractivity (Wildman–Crippen MR) is 105 cm³/mol. The van der Waals surface area contributed by atoms with Crippen molar-refractivity contribution in [3.8, 4) is 28.7 Å². The van der Waals surface area contributed by atoms with Crippen molar-refractivity contribution in [2.24, 2.45) is 0 Å². The van der Waals surface area contributed by atoms with Gasteiger partial charge in [0.1, 0.15) is 34.3 Å². The number of phenolic OH excluding ortho intramolecular Hbond substituents is 3. The van der Waals surface area contributed by atoms with Crippen molar-refractivity contribution in [1.29, 1.82) is 0 Å². The normalized spacial score (nSPS) is 10.5. The first-order chi connectivity index (χ1) is 13.4. The van der Waals surface area contributed by atoms with E-state index in [-0.39, 0.29) is 11.3 Å². The number of rotatable bonds is 6. The first-order valence-electron chi connectivity index (χ1n) is 8.48. The smallest absolute Gasteiger partial charge is 0.258 e. The molecule has 6 nitrogen and oxygen atoms in total. The highest BCUT2D eigenvalue weighted by Crippen LogP contribution is 2.31. The zero-order chi connectivity index (χ0) is 20.1. The molecule has 0 aliphatic heterocycles. The second-order valence-electron chi connectivity index (χ2n) is 6.06. The number of benzene rings is 3. The predicted octanol–water partition coefficient (Wildman–Crippen LogP) is 4.22. The summed E-state index contributed by atoms with van der Waals surface area (Å²) in [7, 11) is 0. The number of amides is 1. The topological polar surface area (TPSA) is 99.0 Å². The number of ether oxygens (including phenoxy) is 1. The third kappa shape index (κ3) is 4.86. The molecular formula is C21H18ClNO5. The molecule has 1 amide bonds. The maximum atomic E-state index is 12.1. The highest BCUT2D eigenvalue weighted by atomic mass is 35.5. The molecule has 0 aromatic heterocycles. The van der Waals surface area contributed by atoms with Crippen LogP contribution in [-0.4, -0.2) is 27.8 Å². The minimum atomic E-state index is -0.627. The average molecular weight is 400 g/mol. The summed E-state index contributed by atoms with van der Waals surface area (Å²) in [6.45, 7) is 0.302. The Morgan fingerprint density at radius 2 is 1.43 bits per heavy atom. The first-order valence-corrected chi connectivity index (χ1v) is 8.85. The maximum Gasteiger partial charge on any atom is 0.258 e. The second kappa shape index (κ2) is 8.54. The lowest BCUT2D eigenvalue weighted by molar-refractivity contribution is 0.0948. The molecule has 3 rings (SSSR count). The molecule has 0 atom stereocenters. The SMILES string of the molecule is O=C(NCCc1ccc(Oc2ccc(Cl)cc2)cc1)c1c(O)cc(O)cc1O. The number of carbonyl (C=O) groups excluding carboxylic acids is 1. The van der Waals surface area contributed by atoms with Crippen LogP contribution >= 0.6 is 11.6 Å². The number of nitrogens with one attached hydrogen (secondary N) is 1. The van der Waals surface area contributed by atoms with E-state index in [1.54, 1.807) is 24.3 Å².